The monoisotopic (exact) mass is 458 g/mol. The smallest absolute Gasteiger partial charge is 0.251 e. The van der Waals surface area contributed by atoms with Crippen molar-refractivity contribution in [3.63, 3.8) is 0 Å². The Hall–Kier alpha value is -1.31. The van der Waals surface area contributed by atoms with E-state index in [9.17, 15) is 4.79 Å². The molecule has 0 atom stereocenters. The molecule has 0 aromatic heterocycles. The second-order valence-electron chi connectivity index (χ2n) is 6.23. The normalized spacial score (nSPS) is 15.2. The van der Waals surface area contributed by atoms with Crippen molar-refractivity contribution in [2.24, 2.45) is 4.99 Å². The van der Waals surface area contributed by atoms with E-state index in [0.29, 0.717) is 24.7 Å². The van der Waals surface area contributed by atoms with Gasteiger partial charge in [-0.1, -0.05) is 31.4 Å². The molecule has 0 bridgehead atoms. The lowest BCUT2D eigenvalue weighted by Gasteiger charge is -2.24. The van der Waals surface area contributed by atoms with Gasteiger partial charge in [0.1, 0.15) is 0 Å². The fraction of sp³-hybridized carbons (Fsp3) is 0.579. The van der Waals surface area contributed by atoms with Gasteiger partial charge in [0.25, 0.3) is 5.91 Å². The number of halogens is 1. The lowest BCUT2D eigenvalue weighted by molar-refractivity contribution is 0.0956. The zero-order valence-corrected chi connectivity index (χ0v) is 17.6. The van der Waals surface area contributed by atoms with Crippen LogP contribution in [0.1, 0.15) is 61.9 Å². The fourth-order valence-electron chi connectivity index (χ4n) is 2.95. The second kappa shape index (κ2) is 12.1. The Morgan fingerprint density at radius 1 is 1.04 bits per heavy atom. The Kier molecular flexibility index (Phi) is 10.5. The van der Waals surface area contributed by atoms with Gasteiger partial charge in [-0.15, -0.1) is 24.0 Å². The van der Waals surface area contributed by atoms with Gasteiger partial charge in [-0.2, -0.15) is 0 Å². The first kappa shape index (κ1) is 21.7. The van der Waals surface area contributed by atoms with E-state index in [-0.39, 0.29) is 29.9 Å². The summed E-state index contributed by atoms with van der Waals surface area (Å²) in [6.45, 7) is 6.11. The summed E-state index contributed by atoms with van der Waals surface area (Å²) in [5.41, 5.74) is 1.79. The molecule has 25 heavy (non-hydrogen) atoms. The number of aliphatic imine (C=N–C) groups is 1. The molecule has 1 aromatic carbocycles. The van der Waals surface area contributed by atoms with E-state index >= 15 is 0 Å². The highest BCUT2D eigenvalue weighted by Crippen LogP contribution is 2.17. The van der Waals surface area contributed by atoms with E-state index in [1.807, 2.05) is 31.2 Å². The van der Waals surface area contributed by atoms with E-state index in [2.05, 4.69) is 27.9 Å². The molecule has 1 aliphatic carbocycles. The average molecular weight is 458 g/mol. The maximum absolute atomic E-state index is 11.8. The van der Waals surface area contributed by atoms with Crippen LogP contribution in [0.2, 0.25) is 0 Å². The predicted molar refractivity (Wildman–Crippen MR) is 115 cm³/mol. The molecular weight excluding hydrogens is 427 g/mol. The van der Waals surface area contributed by atoms with Crippen molar-refractivity contribution in [2.45, 2.75) is 58.5 Å². The van der Waals surface area contributed by atoms with Gasteiger partial charge in [-0.25, -0.2) is 4.99 Å². The number of guanidine groups is 1. The highest BCUT2D eigenvalue weighted by atomic mass is 127. The number of rotatable bonds is 6. The average Bonchev–Trinajstić information content (AvgIpc) is 2.61. The quantitative estimate of drug-likeness (QED) is 0.348. The summed E-state index contributed by atoms with van der Waals surface area (Å²) < 4.78 is 0. The van der Waals surface area contributed by atoms with Gasteiger partial charge in [-0.05, 0) is 44.4 Å². The highest BCUT2D eigenvalue weighted by Gasteiger charge is 2.14. The molecule has 0 saturated heterocycles. The Labute approximate surface area is 168 Å². The number of carbonyl (C=O) groups excluding carboxylic acids is 1. The Bertz CT molecular complexity index is 539. The van der Waals surface area contributed by atoms with E-state index in [1.54, 1.807) is 0 Å². The molecular formula is C19H31IN4O. The van der Waals surface area contributed by atoms with Gasteiger partial charge in [0.15, 0.2) is 5.96 Å². The summed E-state index contributed by atoms with van der Waals surface area (Å²) in [6.07, 6.45) is 6.41. The first-order chi connectivity index (χ1) is 11.7. The van der Waals surface area contributed by atoms with Crippen molar-refractivity contribution in [3.8, 4) is 0 Å². The van der Waals surface area contributed by atoms with Crippen molar-refractivity contribution in [1.82, 2.24) is 16.0 Å². The Morgan fingerprint density at radius 2 is 1.68 bits per heavy atom. The Balaban J connectivity index is 0.00000312. The van der Waals surface area contributed by atoms with E-state index in [0.717, 1.165) is 18.1 Å². The molecule has 0 heterocycles. The highest BCUT2D eigenvalue weighted by molar-refractivity contribution is 14.0. The molecule has 1 amide bonds. The minimum atomic E-state index is -0.0279. The number of benzene rings is 1. The molecule has 1 aromatic rings. The van der Waals surface area contributed by atoms with Crippen molar-refractivity contribution in [2.75, 3.05) is 13.1 Å². The maximum Gasteiger partial charge on any atom is 0.251 e. The third-order valence-corrected chi connectivity index (χ3v) is 4.26. The minimum Gasteiger partial charge on any atom is -0.357 e. The number of hydrogen-bond donors (Lipinski definition) is 3. The summed E-state index contributed by atoms with van der Waals surface area (Å²) in [4.78, 5) is 16.5. The molecule has 3 N–H and O–H groups in total. The first-order valence-corrected chi connectivity index (χ1v) is 9.15. The molecule has 1 fully saturated rings. The first-order valence-electron chi connectivity index (χ1n) is 9.15. The van der Waals surface area contributed by atoms with Gasteiger partial charge in [-0.3, -0.25) is 4.79 Å². The molecule has 2 rings (SSSR count). The number of amides is 1. The number of hydrogen-bond acceptors (Lipinski definition) is 2. The third-order valence-electron chi connectivity index (χ3n) is 4.26. The fourth-order valence-corrected chi connectivity index (χ4v) is 2.95. The van der Waals surface area contributed by atoms with Crippen molar-refractivity contribution in [1.29, 1.82) is 0 Å². The van der Waals surface area contributed by atoms with Crippen LogP contribution in [-0.2, 0) is 6.54 Å². The van der Waals surface area contributed by atoms with Crippen LogP contribution in [0.4, 0.5) is 0 Å². The molecule has 140 valence electrons. The van der Waals surface area contributed by atoms with Crippen LogP contribution in [0.25, 0.3) is 0 Å². The molecule has 0 spiro atoms. The summed E-state index contributed by atoms with van der Waals surface area (Å²) in [5, 5.41) is 9.68. The van der Waals surface area contributed by atoms with Crippen LogP contribution in [-0.4, -0.2) is 31.0 Å². The zero-order chi connectivity index (χ0) is 17.2. The Morgan fingerprint density at radius 3 is 2.28 bits per heavy atom. The molecule has 0 radical (unpaired) electrons. The molecule has 6 heteroatoms. The molecule has 1 aliphatic rings. The van der Waals surface area contributed by atoms with Crippen molar-refractivity contribution in [3.05, 3.63) is 35.4 Å². The van der Waals surface area contributed by atoms with Crippen LogP contribution in [0.3, 0.4) is 0 Å². The summed E-state index contributed by atoms with van der Waals surface area (Å²) in [6, 6.07) is 8.20. The van der Waals surface area contributed by atoms with Crippen LogP contribution in [0, 0.1) is 0 Å². The second-order valence-corrected chi connectivity index (χ2v) is 6.23. The van der Waals surface area contributed by atoms with Gasteiger partial charge in [0.2, 0.25) is 0 Å². The third kappa shape index (κ3) is 7.63. The molecule has 5 nitrogen and oxygen atoms in total. The van der Waals surface area contributed by atoms with Crippen molar-refractivity contribution >= 4 is 35.8 Å². The summed E-state index contributed by atoms with van der Waals surface area (Å²) >= 11 is 0. The predicted octanol–water partition coefficient (Wildman–Crippen LogP) is 3.44. The topological polar surface area (TPSA) is 65.5 Å². The van der Waals surface area contributed by atoms with Gasteiger partial charge in [0, 0.05) is 24.7 Å². The van der Waals surface area contributed by atoms with Crippen molar-refractivity contribution < 1.29 is 4.79 Å². The number of nitrogens with zero attached hydrogens (tertiary/aromatic N) is 1. The van der Waals surface area contributed by atoms with E-state index in [4.69, 9.17) is 0 Å². The minimum absolute atomic E-state index is 0. The lowest BCUT2D eigenvalue weighted by Crippen LogP contribution is -2.44. The van der Waals surface area contributed by atoms with Gasteiger partial charge < -0.3 is 16.0 Å². The van der Waals surface area contributed by atoms with E-state index < -0.39 is 0 Å². The SMILES string of the molecule is CCNC(=O)c1ccc(CN=C(NCC)NC2CCCCC2)cc1.I. The van der Waals surface area contributed by atoms with Gasteiger partial charge >= 0.3 is 0 Å². The molecule has 1 saturated carbocycles. The summed E-state index contributed by atoms with van der Waals surface area (Å²) in [7, 11) is 0. The zero-order valence-electron chi connectivity index (χ0n) is 15.3. The molecule has 0 aliphatic heterocycles. The van der Waals surface area contributed by atoms with E-state index in [1.165, 1.54) is 32.1 Å². The summed E-state index contributed by atoms with van der Waals surface area (Å²) in [5.74, 6) is 0.858. The standard InChI is InChI=1S/C19H30N4O.HI/c1-3-20-18(24)16-12-10-15(11-13-16)14-22-19(21-4-2)23-17-8-6-5-7-9-17;/h10-13,17H,3-9,14H2,1-2H3,(H,20,24)(H2,21,22,23);1H. The van der Waals surface area contributed by atoms with Gasteiger partial charge in [0.05, 0.1) is 6.54 Å². The largest absolute Gasteiger partial charge is 0.357 e. The maximum atomic E-state index is 11.8. The number of carbonyl (C=O) groups is 1. The van der Waals surface area contributed by atoms with Crippen LogP contribution >= 0.6 is 24.0 Å². The van der Waals surface area contributed by atoms with Crippen LogP contribution in [0.15, 0.2) is 29.3 Å². The van der Waals surface area contributed by atoms with Crippen LogP contribution < -0.4 is 16.0 Å². The van der Waals surface area contributed by atoms with Crippen LogP contribution in [0.5, 0.6) is 0 Å². The number of nitrogens with one attached hydrogen (secondary N) is 3. The molecule has 0 unspecified atom stereocenters. The lowest BCUT2D eigenvalue weighted by atomic mass is 9.96.